The summed E-state index contributed by atoms with van der Waals surface area (Å²) >= 11 is 0. The van der Waals surface area contributed by atoms with Crippen molar-refractivity contribution < 1.29 is 78.2 Å². The molecule has 1 aliphatic rings. The molecule has 1 aliphatic carbocycles. The van der Waals surface area contributed by atoms with Crippen LogP contribution in [0.3, 0.4) is 0 Å². The van der Waals surface area contributed by atoms with E-state index in [4.69, 9.17) is 9.47 Å². The maximum atomic E-state index is 12.8. The van der Waals surface area contributed by atoms with Gasteiger partial charge in [-0.3, -0.25) is 0 Å². The summed E-state index contributed by atoms with van der Waals surface area (Å²) in [6, 6.07) is 2.35. The molecule has 0 atom stereocenters. The third-order valence-corrected chi connectivity index (χ3v) is 2.67. The standard InChI is InChI=1S/C11H12BF4O2.K/c13-9-3-4-11(10(5-9)12(14,15)16)18-7-17-6-8-1-2-8;/h3-5,8H,1-2,6-7H2;/q-1;+1. The molecule has 100 valence electrons. The monoisotopic (exact) mass is 302 g/mol. The second-order valence-electron chi connectivity index (χ2n) is 4.33. The molecular weight excluding hydrogens is 290 g/mol. The van der Waals surface area contributed by atoms with Gasteiger partial charge in [-0.2, -0.15) is 0 Å². The van der Waals surface area contributed by atoms with Crippen LogP contribution in [0, 0.1) is 11.7 Å². The molecule has 2 nitrogen and oxygen atoms in total. The third kappa shape index (κ3) is 5.73. The summed E-state index contributed by atoms with van der Waals surface area (Å²) in [5.74, 6) is -0.816. The van der Waals surface area contributed by atoms with Crippen LogP contribution in [0.5, 0.6) is 5.75 Å². The van der Waals surface area contributed by atoms with Gasteiger partial charge in [0.1, 0.15) is 5.82 Å². The Hall–Kier alpha value is 0.401. The summed E-state index contributed by atoms with van der Waals surface area (Å²) < 4.78 is 60.7. The first-order valence-electron chi connectivity index (χ1n) is 5.67. The Labute approximate surface area is 151 Å². The van der Waals surface area contributed by atoms with E-state index in [1.807, 2.05) is 0 Å². The minimum atomic E-state index is -5.30. The van der Waals surface area contributed by atoms with Crippen LogP contribution in [0.2, 0.25) is 0 Å². The van der Waals surface area contributed by atoms with Gasteiger partial charge in [0.2, 0.25) is 0 Å². The van der Waals surface area contributed by atoms with E-state index < -0.39 is 18.3 Å². The van der Waals surface area contributed by atoms with Crippen molar-refractivity contribution in [3.05, 3.63) is 24.0 Å². The van der Waals surface area contributed by atoms with Gasteiger partial charge in [-0.1, -0.05) is 5.46 Å². The molecular formula is C11H12BF4KO2. The second kappa shape index (κ2) is 7.42. The van der Waals surface area contributed by atoms with E-state index >= 15 is 0 Å². The molecule has 0 N–H and O–H groups in total. The Morgan fingerprint density at radius 2 is 1.89 bits per heavy atom. The zero-order valence-electron chi connectivity index (χ0n) is 10.5. The van der Waals surface area contributed by atoms with Crippen molar-refractivity contribution in [3.63, 3.8) is 0 Å². The van der Waals surface area contributed by atoms with Crippen LogP contribution in [0.15, 0.2) is 18.2 Å². The molecule has 0 spiro atoms. The number of hydrogen-bond acceptors (Lipinski definition) is 2. The zero-order chi connectivity index (χ0) is 13.2. The Morgan fingerprint density at radius 1 is 1.21 bits per heavy atom. The van der Waals surface area contributed by atoms with Gasteiger partial charge in [-0.25, -0.2) is 4.39 Å². The molecule has 8 heteroatoms. The van der Waals surface area contributed by atoms with Crippen LogP contribution in [0.1, 0.15) is 12.8 Å². The third-order valence-electron chi connectivity index (χ3n) is 2.67. The zero-order valence-corrected chi connectivity index (χ0v) is 13.7. The van der Waals surface area contributed by atoms with Crippen molar-refractivity contribution in [2.24, 2.45) is 5.92 Å². The Morgan fingerprint density at radius 3 is 2.47 bits per heavy atom. The normalized spacial score (nSPS) is 14.9. The first-order valence-corrected chi connectivity index (χ1v) is 5.67. The quantitative estimate of drug-likeness (QED) is 0.309. The Bertz CT molecular complexity index is 424. The van der Waals surface area contributed by atoms with Crippen molar-refractivity contribution in [2.45, 2.75) is 12.8 Å². The molecule has 0 amide bonds. The number of halogens is 4. The van der Waals surface area contributed by atoms with E-state index in [-0.39, 0.29) is 63.9 Å². The van der Waals surface area contributed by atoms with Gasteiger partial charge in [0.15, 0.2) is 6.79 Å². The molecule has 2 rings (SSSR count). The largest absolute Gasteiger partial charge is 1.00 e. The molecule has 1 aromatic rings. The predicted molar refractivity (Wildman–Crippen MR) is 59.3 cm³/mol. The fourth-order valence-electron chi connectivity index (χ4n) is 1.51. The minimum absolute atomic E-state index is 0. The maximum absolute atomic E-state index is 12.8. The summed E-state index contributed by atoms with van der Waals surface area (Å²) in [5, 5.41) is 0. The predicted octanol–water partition coefficient (Wildman–Crippen LogP) is -0.353. The molecule has 1 fully saturated rings. The fourth-order valence-corrected chi connectivity index (χ4v) is 1.51. The molecule has 0 aromatic heterocycles. The first-order chi connectivity index (χ1) is 8.47. The van der Waals surface area contributed by atoms with Crippen molar-refractivity contribution >= 4 is 12.4 Å². The van der Waals surface area contributed by atoms with Crippen LogP contribution < -0.4 is 61.6 Å². The second-order valence-corrected chi connectivity index (χ2v) is 4.33. The van der Waals surface area contributed by atoms with Crippen molar-refractivity contribution in [2.75, 3.05) is 13.4 Å². The van der Waals surface area contributed by atoms with E-state index in [0.29, 0.717) is 18.6 Å². The molecule has 19 heavy (non-hydrogen) atoms. The first kappa shape index (κ1) is 17.5. The van der Waals surface area contributed by atoms with Crippen LogP contribution >= 0.6 is 0 Å². The topological polar surface area (TPSA) is 18.5 Å². The van der Waals surface area contributed by atoms with Crippen LogP contribution in [0.4, 0.5) is 17.3 Å². The maximum Gasteiger partial charge on any atom is 1.00 e. The average molecular weight is 302 g/mol. The van der Waals surface area contributed by atoms with Gasteiger partial charge >= 0.3 is 58.4 Å². The van der Waals surface area contributed by atoms with Crippen LogP contribution in [-0.4, -0.2) is 20.4 Å². The molecule has 0 unspecified atom stereocenters. The Balaban J connectivity index is 0.00000180. The molecule has 0 bridgehead atoms. The van der Waals surface area contributed by atoms with Crippen molar-refractivity contribution in [3.8, 4) is 5.75 Å². The smallest absolute Gasteiger partial charge is 0.471 e. The molecule has 1 saturated carbocycles. The average Bonchev–Trinajstić information content (AvgIpc) is 3.08. The van der Waals surface area contributed by atoms with Crippen LogP contribution in [0.25, 0.3) is 0 Å². The van der Waals surface area contributed by atoms with Crippen molar-refractivity contribution in [1.82, 2.24) is 0 Å². The summed E-state index contributed by atoms with van der Waals surface area (Å²) in [4.78, 5) is 0. The van der Waals surface area contributed by atoms with Gasteiger partial charge in [-0.05, 0) is 37.0 Å². The number of ether oxygens (including phenoxy) is 2. The number of hydrogen-bond donors (Lipinski definition) is 0. The van der Waals surface area contributed by atoms with E-state index in [1.165, 1.54) is 0 Å². The van der Waals surface area contributed by atoms with E-state index in [2.05, 4.69) is 0 Å². The number of benzene rings is 1. The van der Waals surface area contributed by atoms with Gasteiger partial charge < -0.3 is 22.4 Å². The van der Waals surface area contributed by atoms with Gasteiger partial charge in [-0.15, -0.1) is 0 Å². The minimum Gasteiger partial charge on any atom is -0.471 e. The van der Waals surface area contributed by atoms with E-state index in [9.17, 15) is 17.3 Å². The summed E-state index contributed by atoms with van der Waals surface area (Å²) in [7, 11) is 0. The molecule has 0 aliphatic heterocycles. The van der Waals surface area contributed by atoms with Gasteiger partial charge in [0, 0.05) is 0 Å². The van der Waals surface area contributed by atoms with Crippen molar-refractivity contribution in [1.29, 1.82) is 0 Å². The van der Waals surface area contributed by atoms with E-state index in [0.717, 1.165) is 25.0 Å². The summed E-state index contributed by atoms with van der Waals surface area (Å²) in [6.07, 6.45) is 2.18. The summed E-state index contributed by atoms with van der Waals surface area (Å²) in [5.41, 5.74) is -1.06. The van der Waals surface area contributed by atoms with Crippen LogP contribution in [-0.2, 0) is 4.74 Å². The molecule has 0 heterocycles. The molecule has 0 saturated heterocycles. The molecule has 0 radical (unpaired) electrons. The van der Waals surface area contributed by atoms with E-state index in [1.54, 1.807) is 0 Å². The number of rotatable bonds is 6. The van der Waals surface area contributed by atoms with Gasteiger partial charge in [0.05, 0.1) is 12.4 Å². The molecule has 1 aromatic carbocycles. The fraction of sp³-hybridized carbons (Fsp3) is 0.455. The summed E-state index contributed by atoms with van der Waals surface area (Å²) in [6.45, 7) is -5.05. The Kier molecular flexibility index (Phi) is 6.82. The SMILES string of the molecule is Fc1ccc(OCOCC2CC2)c([B-](F)(F)F)c1.[K+]. The van der Waals surface area contributed by atoms with Gasteiger partial charge in [0.25, 0.3) is 0 Å².